The van der Waals surface area contributed by atoms with Crippen molar-refractivity contribution in [3.8, 4) is 0 Å². The lowest BCUT2D eigenvalue weighted by molar-refractivity contribution is -0.119. The van der Waals surface area contributed by atoms with E-state index in [-0.39, 0.29) is 23.6 Å². The number of hydrogen-bond acceptors (Lipinski definition) is 4. The molecule has 1 amide bonds. The highest BCUT2D eigenvalue weighted by atomic mass is 16.2. The van der Waals surface area contributed by atoms with Gasteiger partial charge < -0.3 is 0 Å². The second-order valence-corrected chi connectivity index (χ2v) is 2.91. The second kappa shape index (κ2) is 8.28. The van der Waals surface area contributed by atoms with Crippen LogP contribution in [0.1, 0.15) is 20.8 Å². The molecule has 1 rings (SSSR count). The van der Waals surface area contributed by atoms with Crippen LogP contribution in [0.25, 0.3) is 0 Å². The number of nitrogens with one attached hydrogen (secondary N) is 3. The zero-order valence-electron chi connectivity index (χ0n) is 10.2. The zero-order chi connectivity index (χ0) is 13.3. The summed E-state index contributed by atoms with van der Waals surface area (Å²) < 4.78 is 1.16. The maximum Gasteiger partial charge on any atom is 0.265 e. The predicted molar refractivity (Wildman–Crippen MR) is 64.5 cm³/mol. The van der Waals surface area contributed by atoms with Crippen molar-refractivity contribution in [2.45, 2.75) is 27.3 Å². The van der Waals surface area contributed by atoms with Crippen molar-refractivity contribution in [2.75, 3.05) is 6.54 Å². The third-order valence-electron chi connectivity index (χ3n) is 1.61. The fraction of sp³-hybridized carbons (Fsp3) is 0.500. The van der Waals surface area contributed by atoms with Gasteiger partial charge in [0.25, 0.3) is 11.1 Å². The van der Waals surface area contributed by atoms with Gasteiger partial charge in [0.05, 0.1) is 6.54 Å². The van der Waals surface area contributed by atoms with Gasteiger partial charge in [0.15, 0.2) is 0 Å². The first-order valence-corrected chi connectivity index (χ1v) is 5.39. The highest BCUT2D eigenvalue weighted by Crippen LogP contribution is 1.69. The summed E-state index contributed by atoms with van der Waals surface area (Å²) in [5.74, 6) is -0.219. The molecule has 0 unspecified atom stereocenters. The molecule has 7 nitrogen and oxygen atoms in total. The fourth-order valence-electron chi connectivity index (χ4n) is 0.983. The van der Waals surface area contributed by atoms with Crippen molar-refractivity contribution in [1.82, 2.24) is 20.6 Å². The molecule has 1 heterocycles. The number of carbonyl (C=O) groups excluding carboxylic acids is 1. The smallest absolute Gasteiger partial charge is 0.265 e. The molecule has 0 bridgehead atoms. The molecule has 0 saturated carbocycles. The summed E-state index contributed by atoms with van der Waals surface area (Å²) in [6.07, 6.45) is 0. The number of carbonyl (C=O) groups is 1. The van der Waals surface area contributed by atoms with Crippen LogP contribution in [-0.2, 0) is 11.3 Å². The molecule has 0 radical (unpaired) electrons. The van der Waals surface area contributed by atoms with Crippen LogP contribution in [0.5, 0.6) is 0 Å². The van der Waals surface area contributed by atoms with Crippen molar-refractivity contribution in [3.63, 3.8) is 0 Å². The van der Waals surface area contributed by atoms with Crippen LogP contribution in [0.4, 0.5) is 0 Å². The van der Waals surface area contributed by atoms with E-state index in [0.717, 1.165) is 4.68 Å². The number of nitrogens with zero attached hydrogens (tertiary/aromatic N) is 1. The molecule has 0 atom stereocenters. The van der Waals surface area contributed by atoms with E-state index >= 15 is 0 Å². The molecule has 0 saturated heterocycles. The molecule has 17 heavy (non-hydrogen) atoms. The van der Waals surface area contributed by atoms with Gasteiger partial charge >= 0.3 is 0 Å². The molecule has 96 valence electrons. The molecule has 1 aromatic rings. The van der Waals surface area contributed by atoms with Crippen LogP contribution in [0.3, 0.4) is 0 Å². The average molecular weight is 242 g/mol. The van der Waals surface area contributed by atoms with Crippen molar-refractivity contribution in [3.05, 3.63) is 32.8 Å². The Balaban J connectivity index is 0.00000121. The predicted octanol–water partition coefficient (Wildman–Crippen LogP) is -0.796. The van der Waals surface area contributed by atoms with E-state index in [0.29, 0.717) is 6.54 Å². The van der Waals surface area contributed by atoms with Crippen LogP contribution in [0.15, 0.2) is 21.7 Å². The van der Waals surface area contributed by atoms with Crippen LogP contribution in [0, 0.1) is 0 Å². The molecule has 0 aliphatic heterocycles. The Kier molecular flexibility index (Phi) is 7.36. The summed E-state index contributed by atoms with van der Waals surface area (Å²) in [6, 6.07) is 2.36. The van der Waals surface area contributed by atoms with Crippen molar-refractivity contribution >= 4 is 5.91 Å². The summed E-state index contributed by atoms with van der Waals surface area (Å²) in [7, 11) is 0. The Hall–Kier alpha value is -1.89. The summed E-state index contributed by atoms with van der Waals surface area (Å²) in [6.45, 7) is 5.98. The number of H-pyrrole nitrogens is 1. The third-order valence-corrected chi connectivity index (χ3v) is 1.61. The summed E-state index contributed by atoms with van der Waals surface area (Å²) in [4.78, 5) is 32.5. The Morgan fingerprint density at radius 2 is 2.00 bits per heavy atom. The summed E-state index contributed by atoms with van der Waals surface area (Å²) in [5, 5.41) is 2.36. The minimum absolute atomic E-state index is 0.219. The van der Waals surface area contributed by atoms with Crippen molar-refractivity contribution in [1.29, 1.82) is 0 Å². The van der Waals surface area contributed by atoms with Gasteiger partial charge in [-0.25, -0.2) is 10.1 Å². The molecular weight excluding hydrogens is 224 g/mol. The maximum absolute atomic E-state index is 11.2. The van der Waals surface area contributed by atoms with Gasteiger partial charge in [-0.1, -0.05) is 13.8 Å². The Morgan fingerprint density at radius 3 is 2.59 bits per heavy atom. The molecular formula is C10H18N4O3. The minimum Gasteiger partial charge on any atom is -0.292 e. The molecule has 7 heteroatoms. The Bertz CT molecular complexity index is 449. The maximum atomic E-state index is 11.2. The largest absolute Gasteiger partial charge is 0.292 e. The van der Waals surface area contributed by atoms with E-state index in [1.165, 1.54) is 19.1 Å². The first kappa shape index (κ1) is 15.1. The topological polar surface area (TPSA) is 96.0 Å². The SMILES string of the molecule is CC.CC(=O)NNCCn1[nH]c(=O)ccc1=O. The highest BCUT2D eigenvalue weighted by Gasteiger charge is 1.95. The number of aromatic amines is 1. The number of aromatic nitrogens is 2. The van der Waals surface area contributed by atoms with Gasteiger partial charge in [-0.05, 0) is 0 Å². The number of amides is 1. The quantitative estimate of drug-likeness (QED) is 0.476. The second-order valence-electron chi connectivity index (χ2n) is 2.91. The van der Waals surface area contributed by atoms with E-state index in [1.54, 1.807) is 0 Å². The fourth-order valence-corrected chi connectivity index (χ4v) is 0.983. The Labute approximate surface area is 98.8 Å². The molecule has 0 spiro atoms. The van der Waals surface area contributed by atoms with Crippen LogP contribution < -0.4 is 22.0 Å². The zero-order valence-corrected chi connectivity index (χ0v) is 10.2. The normalized spacial score (nSPS) is 9.12. The Morgan fingerprint density at radius 1 is 1.35 bits per heavy atom. The van der Waals surface area contributed by atoms with Gasteiger partial charge in [-0.3, -0.25) is 24.9 Å². The summed E-state index contributed by atoms with van der Waals surface area (Å²) >= 11 is 0. The summed E-state index contributed by atoms with van der Waals surface area (Å²) in [5.41, 5.74) is 4.32. The molecule has 0 aliphatic rings. The van der Waals surface area contributed by atoms with E-state index in [9.17, 15) is 14.4 Å². The van der Waals surface area contributed by atoms with E-state index in [2.05, 4.69) is 16.0 Å². The van der Waals surface area contributed by atoms with Gasteiger partial charge in [-0.2, -0.15) is 0 Å². The lowest BCUT2D eigenvalue weighted by Gasteiger charge is -2.06. The molecule has 1 aromatic heterocycles. The highest BCUT2D eigenvalue weighted by molar-refractivity contribution is 5.72. The number of hydrogen-bond donors (Lipinski definition) is 3. The lowest BCUT2D eigenvalue weighted by atomic mass is 10.5. The van der Waals surface area contributed by atoms with Crippen molar-refractivity contribution < 1.29 is 4.79 Å². The number of rotatable bonds is 4. The standard InChI is InChI=1S/C8H12N4O3.C2H6/c1-6(13)10-9-4-5-12-8(15)3-2-7(14)11-12;1-2/h2-3,9H,4-5H2,1H3,(H,10,13)(H,11,14);1-2H3. The van der Waals surface area contributed by atoms with E-state index in [1.807, 2.05) is 13.8 Å². The number of hydrazine groups is 1. The minimum atomic E-state index is -0.339. The molecule has 0 fully saturated rings. The van der Waals surface area contributed by atoms with Crippen LogP contribution >= 0.6 is 0 Å². The first-order chi connectivity index (χ1) is 8.09. The lowest BCUT2D eigenvalue weighted by Crippen LogP contribution is -2.40. The van der Waals surface area contributed by atoms with Gasteiger partial charge in [0.2, 0.25) is 5.91 Å². The van der Waals surface area contributed by atoms with Gasteiger partial charge in [0.1, 0.15) is 0 Å². The average Bonchev–Trinajstić information content (AvgIpc) is 2.31. The molecule has 0 aromatic carbocycles. The van der Waals surface area contributed by atoms with Gasteiger partial charge in [-0.15, -0.1) is 0 Å². The molecule has 3 N–H and O–H groups in total. The van der Waals surface area contributed by atoms with Gasteiger partial charge in [0, 0.05) is 25.6 Å². The monoisotopic (exact) mass is 242 g/mol. The third kappa shape index (κ3) is 6.31. The van der Waals surface area contributed by atoms with E-state index in [4.69, 9.17) is 0 Å². The van der Waals surface area contributed by atoms with Crippen LogP contribution in [0.2, 0.25) is 0 Å². The van der Waals surface area contributed by atoms with E-state index < -0.39 is 0 Å². The molecule has 0 aliphatic carbocycles. The van der Waals surface area contributed by atoms with Crippen LogP contribution in [-0.4, -0.2) is 22.2 Å². The first-order valence-electron chi connectivity index (χ1n) is 5.39. The van der Waals surface area contributed by atoms with Crippen molar-refractivity contribution in [2.24, 2.45) is 0 Å².